The van der Waals surface area contributed by atoms with Gasteiger partial charge in [-0.1, -0.05) is 0 Å². The van der Waals surface area contributed by atoms with Gasteiger partial charge in [-0.15, -0.1) is 0 Å². The summed E-state index contributed by atoms with van der Waals surface area (Å²) in [5.74, 6) is -0.301. The zero-order chi connectivity index (χ0) is 15.4. The van der Waals surface area contributed by atoms with Gasteiger partial charge < -0.3 is 15.4 Å². The third kappa shape index (κ3) is 3.49. The Kier molecular flexibility index (Phi) is 4.74. The van der Waals surface area contributed by atoms with Gasteiger partial charge in [-0.05, 0) is 25.3 Å². The second-order valence-electron chi connectivity index (χ2n) is 5.08. The summed E-state index contributed by atoms with van der Waals surface area (Å²) in [6.07, 6.45) is 2.71. The number of nitrogens with one attached hydrogen (secondary N) is 2. The van der Waals surface area contributed by atoms with Gasteiger partial charge in [0.05, 0.1) is 16.6 Å². The maximum atomic E-state index is 12.3. The first-order valence-electron chi connectivity index (χ1n) is 6.85. The lowest BCUT2D eigenvalue weighted by Gasteiger charge is -2.15. The molecule has 0 saturated heterocycles. The minimum atomic E-state index is -0.507. The number of nitro benzene ring substituents is 1. The highest BCUT2D eigenvalue weighted by molar-refractivity contribution is 6.00. The van der Waals surface area contributed by atoms with E-state index < -0.39 is 4.92 Å². The SMILES string of the molecule is CNc1ccc([N+](=O)[O-])cc1C(=O)NC1CCC(OC)C1. The summed E-state index contributed by atoms with van der Waals surface area (Å²) in [5, 5.41) is 16.6. The first-order chi connectivity index (χ1) is 10.0. The standard InChI is InChI=1S/C14H19N3O4/c1-15-13-6-4-10(17(19)20)8-12(13)14(18)16-9-3-5-11(7-9)21-2/h4,6,8-9,11,15H,3,5,7H2,1-2H3,(H,16,18). The van der Waals surface area contributed by atoms with Crippen molar-refractivity contribution >= 4 is 17.3 Å². The maximum absolute atomic E-state index is 12.3. The second kappa shape index (κ2) is 6.53. The molecule has 0 spiro atoms. The molecule has 0 radical (unpaired) electrons. The van der Waals surface area contributed by atoms with E-state index in [2.05, 4.69) is 10.6 Å². The van der Waals surface area contributed by atoms with Crippen LogP contribution in [0.2, 0.25) is 0 Å². The van der Waals surface area contributed by atoms with Gasteiger partial charge in [-0.25, -0.2) is 0 Å². The fraction of sp³-hybridized carbons (Fsp3) is 0.500. The van der Waals surface area contributed by atoms with Crippen molar-refractivity contribution in [2.45, 2.75) is 31.4 Å². The maximum Gasteiger partial charge on any atom is 0.270 e. The molecule has 2 N–H and O–H groups in total. The number of carbonyl (C=O) groups is 1. The summed E-state index contributed by atoms with van der Waals surface area (Å²) in [7, 11) is 3.34. The zero-order valence-corrected chi connectivity index (χ0v) is 12.1. The molecule has 114 valence electrons. The number of hydrogen-bond acceptors (Lipinski definition) is 5. The summed E-state index contributed by atoms with van der Waals surface area (Å²) >= 11 is 0. The van der Waals surface area contributed by atoms with Crippen LogP contribution >= 0.6 is 0 Å². The van der Waals surface area contributed by atoms with Crippen molar-refractivity contribution in [3.05, 3.63) is 33.9 Å². The van der Waals surface area contributed by atoms with Gasteiger partial charge in [0.25, 0.3) is 11.6 Å². The van der Waals surface area contributed by atoms with Gasteiger partial charge in [-0.2, -0.15) is 0 Å². The van der Waals surface area contributed by atoms with Crippen LogP contribution in [0.15, 0.2) is 18.2 Å². The average Bonchev–Trinajstić information content (AvgIpc) is 2.94. The molecule has 1 fully saturated rings. The number of amides is 1. The molecule has 7 heteroatoms. The lowest BCUT2D eigenvalue weighted by atomic mass is 10.1. The number of non-ortho nitro benzene ring substituents is 1. The van der Waals surface area contributed by atoms with Crippen LogP contribution in [0.1, 0.15) is 29.6 Å². The number of nitro groups is 1. The number of rotatable bonds is 5. The minimum Gasteiger partial charge on any atom is -0.387 e. The molecule has 0 aliphatic heterocycles. The molecule has 1 aromatic carbocycles. The second-order valence-corrected chi connectivity index (χ2v) is 5.08. The Hall–Kier alpha value is -2.15. The molecule has 2 unspecified atom stereocenters. The number of benzene rings is 1. The molecule has 0 heterocycles. The monoisotopic (exact) mass is 293 g/mol. The Bertz CT molecular complexity index is 547. The van der Waals surface area contributed by atoms with Crippen molar-refractivity contribution in [3.8, 4) is 0 Å². The third-order valence-electron chi connectivity index (χ3n) is 3.78. The quantitative estimate of drug-likeness (QED) is 0.639. The molecule has 1 aliphatic carbocycles. The molecule has 1 aromatic rings. The van der Waals surface area contributed by atoms with E-state index in [4.69, 9.17) is 4.74 Å². The van der Waals surface area contributed by atoms with Crippen LogP contribution in [0.25, 0.3) is 0 Å². The molecule has 7 nitrogen and oxygen atoms in total. The summed E-state index contributed by atoms with van der Waals surface area (Å²) in [4.78, 5) is 22.7. The summed E-state index contributed by atoms with van der Waals surface area (Å²) in [6, 6.07) is 4.26. The molecule has 0 aromatic heterocycles. The van der Waals surface area contributed by atoms with E-state index in [1.165, 1.54) is 12.1 Å². The Labute approximate surface area is 122 Å². The van der Waals surface area contributed by atoms with E-state index in [0.29, 0.717) is 5.69 Å². The van der Waals surface area contributed by atoms with Crippen LogP contribution in [-0.4, -0.2) is 37.1 Å². The van der Waals surface area contributed by atoms with Crippen LogP contribution in [-0.2, 0) is 4.74 Å². The molecule has 21 heavy (non-hydrogen) atoms. The van der Waals surface area contributed by atoms with Gasteiger partial charge in [0, 0.05) is 38.0 Å². The normalized spacial score (nSPS) is 21.0. The van der Waals surface area contributed by atoms with E-state index in [-0.39, 0.29) is 29.3 Å². The van der Waals surface area contributed by atoms with Gasteiger partial charge >= 0.3 is 0 Å². The van der Waals surface area contributed by atoms with E-state index in [0.717, 1.165) is 19.3 Å². The number of anilines is 1. The zero-order valence-electron chi connectivity index (χ0n) is 12.1. The fourth-order valence-electron chi connectivity index (χ4n) is 2.60. The first kappa shape index (κ1) is 15.2. The fourth-order valence-corrected chi connectivity index (χ4v) is 2.60. The topological polar surface area (TPSA) is 93.5 Å². The molecule has 2 atom stereocenters. The van der Waals surface area contributed by atoms with E-state index >= 15 is 0 Å². The molecule has 0 bridgehead atoms. The molecule has 1 saturated carbocycles. The minimum absolute atomic E-state index is 0.0476. The molecular formula is C14H19N3O4. The Morgan fingerprint density at radius 1 is 1.43 bits per heavy atom. The van der Waals surface area contributed by atoms with Crippen LogP contribution < -0.4 is 10.6 Å². The van der Waals surface area contributed by atoms with Gasteiger partial charge in [0.15, 0.2) is 0 Å². The number of nitrogens with zero attached hydrogens (tertiary/aromatic N) is 1. The predicted octanol–water partition coefficient (Wildman–Crippen LogP) is 1.93. The van der Waals surface area contributed by atoms with E-state index in [1.54, 1.807) is 20.2 Å². The van der Waals surface area contributed by atoms with Gasteiger partial charge in [-0.3, -0.25) is 14.9 Å². The largest absolute Gasteiger partial charge is 0.387 e. The van der Waals surface area contributed by atoms with Crippen molar-refractivity contribution in [2.24, 2.45) is 0 Å². The Balaban J connectivity index is 2.14. The van der Waals surface area contributed by atoms with Crippen molar-refractivity contribution < 1.29 is 14.5 Å². The van der Waals surface area contributed by atoms with Crippen LogP contribution in [0.3, 0.4) is 0 Å². The number of hydrogen-bond donors (Lipinski definition) is 2. The van der Waals surface area contributed by atoms with Crippen molar-refractivity contribution in [1.29, 1.82) is 0 Å². The number of ether oxygens (including phenoxy) is 1. The summed E-state index contributed by atoms with van der Waals surface area (Å²) in [5.41, 5.74) is 0.757. The highest BCUT2D eigenvalue weighted by Gasteiger charge is 2.27. The summed E-state index contributed by atoms with van der Waals surface area (Å²) < 4.78 is 5.27. The molecule has 2 rings (SSSR count). The lowest BCUT2D eigenvalue weighted by molar-refractivity contribution is -0.384. The first-order valence-corrected chi connectivity index (χ1v) is 6.85. The number of methoxy groups -OCH3 is 1. The smallest absolute Gasteiger partial charge is 0.270 e. The predicted molar refractivity (Wildman–Crippen MR) is 78.5 cm³/mol. The van der Waals surface area contributed by atoms with Gasteiger partial charge in [0.1, 0.15) is 0 Å². The third-order valence-corrected chi connectivity index (χ3v) is 3.78. The molecule has 1 aliphatic rings. The van der Waals surface area contributed by atoms with Crippen LogP contribution in [0, 0.1) is 10.1 Å². The van der Waals surface area contributed by atoms with Crippen LogP contribution in [0.4, 0.5) is 11.4 Å². The van der Waals surface area contributed by atoms with E-state index in [1.807, 2.05) is 0 Å². The highest BCUT2D eigenvalue weighted by atomic mass is 16.6. The van der Waals surface area contributed by atoms with Gasteiger partial charge in [0.2, 0.25) is 0 Å². The van der Waals surface area contributed by atoms with E-state index in [9.17, 15) is 14.9 Å². The van der Waals surface area contributed by atoms with Crippen molar-refractivity contribution in [1.82, 2.24) is 5.32 Å². The van der Waals surface area contributed by atoms with Crippen LogP contribution in [0.5, 0.6) is 0 Å². The average molecular weight is 293 g/mol. The summed E-state index contributed by atoms with van der Waals surface area (Å²) in [6.45, 7) is 0. The Morgan fingerprint density at radius 2 is 2.19 bits per heavy atom. The van der Waals surface area contributed by atoms with Crippen molar-refractivity contribution in [2.75, 3.05) is 19.5 Å². The van der Waals surface area contributed by atoms with Crippen molar-refractivity contribution in [3.63, 3.8) is 0 Å². The number of carbonyl (C=O) groups excluding carboxylic acids is 1. The molecule has 1 amide bonds. The lowest BCUT2D eigenvalue weighted by Crippen LogP contribution is -2.33. The highest BCUT2D eigenvalue weighted by Crippen LogP contribution is 2.24. The molecular weight excluding hydrogens is 274 g/mol. The Morgan fingerprint density at radius 3 is 2.76 bits per heavy atom.